The van der Waals surface area contributed by atoms with Gasteiger partial charge in [-0.2, -0.15) is 4.98 Å². The van der Waals surface area contributed by atoms with E-state index in [0.29, 0.717) is 12.6 Å². The average Bonchev–Trinajstić information content (AvgIpc) is 3.19. The van der Waals surface area contributed by atoms with Crippen molar-refractivity contribution < 1.29 is 4.74 Å². The van der Waals surface area contributed by atoms with Crippen LogP contribution >= 0.6 is 11.6 Å². The Morgan fingerprint density at radius 3 is 2.42 bits per heavy atom. The van der Waals surface area contributed by atoms with E-state index in [1.54, 1.807) is 0 Å². The van der Waals surface area contributed by atoms with Crippen LogP contribution in [0.3, 0.4) is 0 Å². The van der Waals surface area contributed by atoms with Crippen LogP contribution in [0, 0.1) is 0 Å². The van der Waals surface area contributed by atoms with Gasteiger partial charge < -0.3 is 15.8 Å². The van der Waals surface area contributed by atoms with Crippen molar-refractivity contribution in [2.45, 2.75) is 25.1 Å². The van der Waals surface area contributed by atoms with Gasteiger partial charge in [0.25, 0.3) is 0 Å². The standard InChI is InChI=1S/C24H22ClN5O/c25-19-10-6-17(7-11-19)21-14-22(30-24(27-21)28-23(26)29-30)18-8-12-20(13-9-18)31-15-16-4-2-1-3-5-16/h1-13,21-22H,14-15H2,(H3,26,27,28,29)/t21-,22-/m0/s1. The second-order valence-corrected chi connectivity index (χ2v) is 8.02. The van der Waals surface area contributed by atoms with E-state index in [9.17, 15) is 0 Å². The first-order chi connectivity index (χ1) is 15.2. The zero-order valence-corrected chi connectivity index (χ0v) is 17.5. The zero-order chi connectivity index (χ0) is 21.2. The van der Waals surface area contributed by atoms with Gasteiger partial charge in [-0.1, -0.05) is 66.2 Å². The molecule has 0 fully saturated rings. The fraction of sp³-hybridized carbons (Fsp3) is 0.167. The maximum absolute atomic E-state index is 6.06. The van der Waals surface area contributed by atoms with Gasteiger partial charge in [-0.3, -0.25) is 0 Å². The van der Waals surface area contributed by atoms with E-state index < -0.39 is 0 Å². The van der Waals surface area contributed by atoms with Crippen molar-refractivity contribution in [3.05, 3.63) is 101 Å². The largest absolute Gasteiger partial charge is 0.489 e. The van der Waals surface area contributed by atoms with E-state index in [-0.39, 0.29) is 18.0 Å². The molecule has 0 unspecified atom stereocenters. The molecule has 1 aromatic heterocycles. The summed E-state index contributed by atoms with van der Waals surface area (Å²) in [5.74, 6) is 1.75. The molecule has 0 spiro atoms. The second kappa shape index (κ2) is 8.32. The first-order valence-electron chi connectivity index (χ1n) is 10.2. The lowest BCUT2D eigenvalue weighted by molar-refractivity contribution is 0.306. The summed E-state index contributed by atoms with van der Waals surface area (Å²) < 4.78 is 7.79. The molecule has 31 heavy (non-hydrogen) atoms. The number of halogens is 1. The van der Waals surface area contributed by atoms with Crippen molar-refractivity contribution in [1.29, 1.82) is 0 Å². The van der Waals surface area contributed by atoms with Crippen molar-refractivity contribution >= 4 is 23.5 Å². The van der Waals surface area contributed by atoms with Gasteiger partial charge in [-0.25, -0.2) is 4.68 Å². The Bertz CT molecular complexity index is 1160. The number of anilines is 2. The number of nitrogens with one attached hydrogen (secondary N) is 1. The van der Waals surface area contributed by atoms with E-state index >= 15 is 0 Å². The lowest BCUT2D eigenvalue weighted by Crippen LogP contribution is -2.28. The molecule has 1 aliphatic heterocycles. The molecule has 6 nitrogen and oxygen atoms in total. The molecule has 2 heterocycles. The SMILES string of the molecule is Nc1nc2n(n1)[C@H](c1ccc(OCc3ccccc3)cc1)C[C@@H](c1ccc(Cl)cc1)N2. The highest BCUT2D eigenvalue weighted by Crippen LogP contribution is 2.38. The van der Waals surface area contributed by atoms with Crippen LogP contribution in [0.5, 0.6) is 5.75 Å². The number of aromatic nitrogens is 3. The topological polar surface area (TPSA) is 78.0 Å². The van der Waals surface area contributed by atoms with Crippen LogP contribution in [-0.2, 0) is 6.61 Å². The molecule has 2 atom stereocenters. The molecule has 0 saturated carbocycles. The Morgan fingerprint density at radius 1 is 0.968 bits per heavy atom. The van der Waals surface area contributed by atoms with Crippen molar-refractivity contribution in [1.82, 2.24) is 14.8 Å². The van der Waals surface area contributed by atoms with Gasteiger partial charge in [0.1, 0.15) is 12.4 Å². The van der Waals surface area contributed by atoms with E-state index in [1.165, 1.54) is 0 Å². The number of fused-ring (bicyclic) bond motifs is 1. The minimum Gasteiger partial charge on any atom is -0.489 e. The average molecular weight is 432 g/mol. The number of hydrogen-bond donors (Lipinski definition) is 2. The van der Waals surface area contributed by atoms with Gasteiger partial charge >= 0.3 is 0 Å². The Labute approximate surface area is 185 Å². The third-order valence-electron chi connectivity index (χ3n) is 5.49. The van der Waals surface area contributed by atoms with E-state index in [1.807, 2.05) is 59.3 Å². The van der Waals surface area contributed by atoms with Gasteiger partial charge in [0.15, 0.2) is 0 Å². The first kappa shape index (κ1) is 19.5. The summed E-state index contributed by atoms with van der Waals surface area (Å²) in [4.78, 5) is 4.37. The molecule has 5 rings (SSSR count). The Morgan fingerprint density at radius 2 is 1.68 bits per heavy atom. The number of nitrogens with two attached hydrogens (primary N) is 1. The van der Waals surface area contributed by atoms with Gasteiger partial charge in [0.2, 0.25) is 11.9 Å². The molecular formula is C24H22ClN5O. The zero-order valence-electron chi connectivity index (χ0n) is 16.8. The van der Waals surface area contributed by atoms with Gasteiger partial charge in [-0.05, 0) is 47.4 Å². The molecule has 3 N–H and O–H groups in total. The van der Waals surface area contributed by atoms with Crippen molar-refractivity contribution in [3.8, 4) is 5.75 Å². The molecule has 0 aliphatic carbocycles. The molecular weight excluding hydrogens is 410 g/mol. The Hall–Kier alpha value is -3.51. The molecule has 1 aliphatic rings. The lowest BCUT2D eigenvalue weighted by atomic mass is 9.93. The van der Waals surface area contributed by atoms with Crippen LogP contribution in [0.15, 0.2) is 78.9 Å². The highest BCUT2D eigenvalue weighted by molar-refractivity contribution is 6.30. The van der Waals surface area contributed by atoms with Gasteiger partial charge in [-0.15, -0.1) is 5.10 Å². The number of hydrogen-bond acceptors (Lipinski definition) is 5. The summed E-state index contributed by atoms with van der Waals surface area (Å²) in [5, 5.41) is 8.58. The number of benzene rings is 3. The number of ether oxygens (including phenoxy) is 1. The number of nitrogen functional groups attached to an aromatic ring is 1. The number of nitrogens with zero attached hydrogens (tertiary/aromatic N) is 3. The smallest absolute Gasteiger partial charge is 0.241 e. The summed E-state index contributed by atoms with van der Waals surface area (Å²) in [5.41, 5.74) is 9.31. The molecule has 0 radical (unpaired) electrons. The van der Waals surface area contributed by atoms with Crippen LogP contribution < -0.4 is 15.8 Å². The summed E-state index contributed by atoms with van der Waals surface area (Å²) in [7, 11) is 0. The van der Waals surface area contributed by atoms with Crippen LogP contribution in [0.2, 0.25) is 5.02 Å². The molecule has 0 amide bonds. The van der Waals surface area contributed by atoms with Crippen molar-refractivity contribution in [3.63, 3.8) is 0 Å². The van der Waals surface area contributed by atoms with Gasteiger partial charge in [0, 0.05) is 5.02 Å². The summed E-state index contributed by atoms with van der Waals surface area (Å²) in [6, 6.07) is 26.2. The second-order valence-electron chi connectivity index (χ2n) is 7.58. The normalized spacial score (nSPS) is 17.6. The predicted molar refractivity (Wildman–Crippen MR) is 122 cm³/mol. The van der Waals surface area contributed by atoms with Crippen molar-refractivity contribution in [2.24, 2.45) is 0 Å². The van der Waals surface area contributed by atoms with Crippen LogP contribution in [-0.4, -0.2) is 14.8 Å². The van der Waals surface area contributed by atoms with Crippen LogP contribution in [0.1, 0.15) is 35.2 Å². The molecule has 4 aromatic rings. The summed E-state index contributed by atoms with van der Waals surface area (Å²) >= 11 is 6.06. The first-order valence-corrected chi connectivity index (χ1v) is 10.5. The minimum absolute atomic E-state index is 0.00454. The monoisotopic (exact) mass is 431 g/mol. The van der Waals surface area contributed by atoms with Crippen LogP contribution in [0.4, 0.5) is 11.9 Å². The molecule has 3 aromatic carbocycles. The highest BCUT2D eigenvalue weighted by Gasteiger charge is 2.30. The third kappa shape index (κ3) is 4.20. The maximum Gasteiger partial charge on any atom is 0.241 e. The van der Waals surface area contributed by atoms with E-state index in [0.717, 1.165) is 33.9 Å². The highest BCUT2D eigenvalue weighted by atomic mass is 35.5. The van der Waals surface area contributed by atoms with Gasteiger partial charge in [0.05, 0.1) is 12.1 Å². The molecule has 0 saturated heterocycles. The fourth-order valence-electron chi connectivity index (χ4n) is 3.91. The Balaban J connectivity index is 1.38. The maximum atomic E-state index is 6.06. The van der Waals surface area contributed by atoms with E-state index in [4.69, 9.17) is 22.1 Å². The predicted octanol–water partition coefficient (Wildman–Crippen LogP) is 5.24. The molecule has 7 heteroatoms. The third-order valence-corrected chi connectivity index (χ3v) is 5.74. The summed E-state index contributed by atoms with van der Waals surface area (Å²) in [6.07, 6.45) is 0.807. The minimum atomic E-state index is 0.00454. The quantitative estimate of drug-likeness (QED) is 0.452. The Kier molecular flexibility index (Phi) is 5.22. The lowest BCUT2D eigenvalue weighted by Gasteiger charge is -2.31. The summed E-state index contributed by atoms with van der Waals surface area (Å²) in [6.45, 7) is 0.538. The van der Waals surface area contributed by atoms with Crippen LogP contribution in [0.25, 0.3) is 0 Å². The molecule has 0 bridgehead atoms. The fourth-order valence-corrected chi connectivity index (χ4v) is 4.04. The van der Waals surface area contributed by atoms with Crippen molar-refractivity contribution in [2.75, 3.05) is 11.1 Å². The number of rotatable bonds is 5. The molecule has 156 valence electrons. The van der Waals surface area contributed by atoms with E-state index in [2.05, 4.69) is 39.7 Å².